The third kappa shape index (κ3) is 5.31. The Morgan fingerprint density at radius 3 is 2.35 bits per heavy atom. The van der Waals surface area contributed by atoms with E-state index in [0.29, 0.717) is 13.2 Å². The van der Waals surface area contributed by atoms with Crippen LogP contribution in [0.3, 0.4) is 0 Å². The van der Waals surface area contributed by atoms with Crippen molar-refractivity contribution in [2.24, 2.45) is 0 Å². The maximum atomic E-state index is 10.3. The highest BCUT2D eigenvalue weighted by Gasteiger charge is 2.19. The van der Waals surface area contributed by atoms with Gasteiger partial charge in [0.1, 0.15) is 18.5 Å². The van der Waals surface area contributed by atoms with Gasteiger partial charge in [0.15, 0.2) is 0 Å². The number of hydrogen-bond acceptors (Lipinski definition) is 4. The van der Waals surface area contributed by atoms with Gasteiger partial charge in [-0.05, 0) is 36.6 Å². The minimum absolute atomic E-state index is 0.342. The van der Waals surface area contributed by atoms with Gasteiger partial charge in [-0.15, -0.1) is 0 Å². The van der Waals surface area contributed by atoms with Gasteiger partial charge in [0.2, 0.25) is 0 Å². The van der Waals surface area contributed by atoms with E-state index in [1.54, 1.807) is 0 Å². The number of aliphatic hydroxyl groups is 1. The Kier molecular flexibility index (Phi) is 6.67. The number of aliphatic hydroxyl groups excluding tert-OH is 1. The van der Waals surface area contributed by atoms with E-state index < -0.39 is 6.10 Å². The second-order valence-electron chi connectivity index (χ2n) is 7.23. The van der Waals surface area contributed by atoms with Gasteiger partial charge in [-0.3, -0.25) is 9.80 Å². The number of rotatable bonds is 7. The van der Waals surface area contributed by atoms with Crippen molar-refractivity contribution in [3.63, 3.8) is 0 Å². The van der Waals surface area contributed by atoms with Gasteiger partial charge in [0.25, 0.3) is 0 Å². The predicted octanol–water partition coefficient (Wildman–Crippen LogP) is 2.86. The number of benzene rings is 2. The minimum atomic E-state index is -0.462. The van der Waals surface area contributed by atoms with Gasteiger partial charge in [0, 0.05) is 39.3 Å². The van der Waals surface area contributed by atoms with Crippen molar-refractivity contribution in [2.45, 2.75) is 26.5 Å². The SMILES string of the molecule is Cc1cccc(OCC(O)CN2CCN(Cc3ccccc3)CC2)c1C. The summed E-state index contributed by atoms with van der Waals surface area (Å²) in [5.41, 5.74) is 3.73. The van der Waals surface area contributed by atoms with Crippen molar-refractivity contribution in [3.8, 4) is 5.75 Å². The fraction of sp³-hybridized carbons (Fsp3) is 0.455. The average Bonchev–Trinajstić information content (AvgIpc) is 2.65. The summed E-state index contributed by atoms with van der Waals surface area (Å²) >= 11 is 0. The summed E-state index contributed by atoms with van der Waals surface area (Å²) in [6.07, 6.45) is -0.462. The van der Waals surface area contributed by atoms with E-state index in [4.69, 9.17) is 4.74 Å². The molecule has 2 aromatic rings. The molecule has 0 radical (unpaired) electrons. The molecule has 1 aliphatic rings. The van der Waals surface area contributed by atoms with E-state index in [9.17, 15) is 5.11 Å². The molecule has 0 aromatic heterocycles. The standard InChI is InChI=1S/C22H30N2O2/c1-18-7-6-10-22(19(18)2)26-17-21(25)16-24-13-11-23(12-14-24)15-20-8-4-3-5-9-20/h3-10,21,25H,11-17H2,1-2H3. The molecule has 1 saturated heterocycles. The molecule has 4 nitrogen and oxygen atoms in total. The molecule has 2 aromatic carbocycles. The molecule has 1 atom stereocenters. The summed E-state index contributed by atoms with van der Waals surface area (Å²) in [6, 6.07) is 16.7. The molecular formula is C22H30N2O2. The molecule has 4 heteroatoms. The zero-order chi connectivity index (χ0) is 18.4. The molecule has 26 heavy (non-hydrogen) atoms. The number of ether oxygens (including phenoxy) is 1. The Morgan fingerprint density at radius 2 is 1.62 bits per heavy atom. The lowest BCUT2D eigenvalue weighted by Crippen LogP contribution is -2.48. The largest absolute Gasteiger partial charge is 0.491 e. The highest BCUT2D eigenvalue weighted by Crippen LogP contribution is 2.20. The summed E-state index contributed by atoms with van der Waals surface area (Å²) < 4.78 is 5.83. The lowest BCUT2D eigenvalue weighted by molar-refractivity contribution is 0.0444. The zero-order valence-corrected chi connectivity index (χ0v) is 15.9. The van der Waals surface area contributed by atoms with Crippen LogP contribution in [0.25, 0.3) is 0 Å². The Bertz CT molecular complexity index is 682. The minimum Gasteiger partial charge on any atom is -0.491 e. The molecule has 0 saturated carbocycles. The highest BCUT2D eigenvalue weighted by atomic mass is 16.5. The van der Waals surface area contributed by atoms with Gasteiger partial charge in [0.05, 0.1) is 0 Å². The van der Waals surface area contributed by atoms with E-state index >= 15 is 0 Å². The van der Waals surface area contributed by atoms with Gasteiger partial charge in [-0.25, -0.2) is 0 Å². The van der Waals surface area contributed by atoms with Crippen LogP contribution in [0.5, 0.6) is 5.75 Å². The van der Waals surface area contributed by atoms with Crippen LogP contribution in [0.4, 0.5) is 0 Å². The molecule has 0 amide bonds. The Balaban J connectivity index is 1.39. The van der Waals surface area contributed by atoms with Crippen LogP contribution < -0.4 is 4.74 Å². The molecule has 1 fully saturated rings. The number of β-amino-alcohol motifs (C(OH)–C–C–N with tert-alkyl or cyclic N) is 1. The van der Waals surface area contributed by atoms with E-state index in [-0.39, 0.29) is 0 Å². The fourth-order valence-electron chi connectivity index (χ4n) is 3.39. The summed E-state index contributed by atoms with van der Waals surface area (Å²) in [6.45, 7) is 10.2. The van der Waals surface area contributed by atoms with E-state index in [2.05, 4.69) is 60.0 Å². The first-order valence-electron chi connectivity index (χ1n) is 9.47. The maximum Gasteiger partial charge on any atom is 0.122 e. The van der Waals surface area contributed by atoms with Gasteiger partial charge in [-0.1, -0.05) is 42.5 Å². The Labute approximate surface area is 157 Å². The van der Waals surface area contributed by atoms with Crippen molar-refractivity contribution in [2.75, 3.05) is 39.3 Å². The first kappa shape index (κ1) is 18.9. The average molecular weight is 354 g/mol. The van der Waals surface area contributed by atoms with Crippen LogP contribution in [0.2, 0.25) is 0 Å². The molecule has 3 rings (SSSR count). The van der Waals surface area contributed by atoms with Gasteiger partial charge < -0.3 is 9.84 Å². The highest BCUT2D eigenvalue weighted by molar-refractivity contribution is 5.38. The second-order valence-corrected chi connectivity index (χ2v) is 7.23. The molecular weight excluding hydrogens is 324 g/mol. The summed E-state index contributed by atoms with van der Waals surface area (Å²) in [7, 11) is 0. The first-order chi connectivity index (χ1) is 12.6. The third-order valence-corrected chi connectivity index (χ3v) is 5.17. The summed E-state index contributed by atoms with van der Waals surface area (Å²) in [5.74, 6) is 0.872. The topological polar surface area (TPSA) is 35.9 Å². The predicted molar refractivity (Wildman–Crippen MR) is 106 cm³/mol. The van der Waals surface area contributed by atoms with Crippen LogP contribution in [-0.4, -0.2) is 60.3 Å². The van der Waals surface area contributed by atoms with E-state index in [0.717, 1.165) is 44.0 Å². The van der Waals surface area contributed by atoms with Crippen LogP contribution in [-0.2, 0) is 6.54 Å². The third-order valence-electron chi connectivity index (χ3n) is 5.17. The number of piperazine rings is 1. The fourth-order valence-corrected chi connectivity index (χ4v) is 3.39. The van der Waals surface area contributed by atoms with Crippen LogP contribution in [0.15, 0.2) is 48.5 Å². The van der Waals surface area contributed by atoms with E-state index in [1.165, 1.54) is 11.1 Å². The lowest BCUT2D eigenvalue weighted by atomic mass is 10.1. The van der Waals surface area contributed by atoms with Crippen molar-refractivity contribution in [3.05, 3.63) is 65.2 Å². The summed E-state index contributed by atoms with van der Waals surface area (Å²) in [5, 5.41) is 10.3. The molecule has 1 unspecified atom stereocenters. The molecule has 140 valence electrons. The molecule has 1 heterocycles. The normalized spacial score (nSPS) is 17.2. The van der Waals surface area contributed by atoms with Crippen molar-refractivity contribution >= 4 is 0 Å². The lowest BCUT2D eigenvalue weighted by Gasteiger charge is -2.35. The van der Waals surface area contributed by atoms with Crippen LogP contribution in [0, 0.1) is 13.8 Å². The zero-order valence-electron chi connectivity index (χ0n) is 15.9. The Hall–Kier alpha value is -1.88. The number of aryl methyl sites for hydroxylation is 1. The van der Waals surface area contributed by atoms with Gasteiger partial charge >= 0.3 is 0 Å². The molecule has 1 N–H and O–H groups in total. The number of nitrogens with zero attached hydrogens (tertiary/aromatic N) is 2. The monoisotopic (exact) mass is 354 g/mol. The second kappa shape index (κ2) is 9.17. The van der Waals surface area contributed by atoms with Crippen LogP contribution in [0.1, 0.15) is 16.7 Å². The summed E-state index contributed by atoms with van der Waals surface area (Å²) in [4.78, 5) is 4.81. The van der Waals surface area contributed by atoms with E-state index in [1.807, 2.05) is 12.1 Å². The maximum absolute atomic E-state index is 10.3. The van der Waals surface area contributed by atoms with Crippen molar-refractivity contribution in [1.82, 2.24) is 9.80 Å². The Morgan fingerprint density at radius 1 is 0.923 bits per heavy atom. The van der Waals surface area contributed by atoms with Crippen molar-refractivity contribution < 1.29 is 9.84 Å². The first-order valence-corrected chi connectivity index (χ1v) is 9.47. The molecule has 0 spiro atoms. The smallest absolute Gasteiger partial charge is 0.122 e. The van der Waals surface area contributed by atoms with Crippen molar-refractivity contribution in [1.29, 1.82) is 0 Å². The van der Waals surface area contributed by atoms with Crippen LogP contribution >= 0.6 is 0 Å². The number of hydrogen-bond donors (Lipinski definition) is 1. The molecule has 0 aliphatic carbocycles. The quantitative estimate of drug-likeness (QED) is 0.829. The van der Waals surface area contributed by atoms with Gasteiger partial charge in [-0.2, -0.15) is 0 Å². The molecule has 1 aliphatic heterocycles. The molecule has 0 bridgehead atoms.